The van der Waals surface area contributed by atoms with Gasteiger partial charge in [-0.2, -0.15) is 5.10 Å². The lowest BCUT2D eigenvalue weighted by molar-refractivity contribution is -0.141. The predicted octanol–water partition coefficient (Wildman–Crippen LogP) is 2.01. The van der Waals surface area contributed by atoms with Gasteiger partial charge in [-0.15, -0.1) is 0 Å². The van der Waals surface area contributed by atoms with E-state index in [1.807, 2.05) is 30.3 Å². The van der Waals surface area contributed by atoms with E-state index in [4.69, 9.17) is 9.47 Å². The number of carbonyl (C=O) groups is 1. The van der Waals surface area contributed by atoms with E-state index in [2.05, 4.69) is 5.10 Å². The highest BCUT2D eigenvalue weighted by molar-refractivity contribution is 5.65. The van der Waals surface area contributed by atoms with Crippen LogP contribution < -0.4 is 5.56 Å². The molecule has 122 valence electrons. The molecule has 0 aliphatic heterocycles. The fraction of sp³-hybridized carbons (Fsp3) is 0.353. The summed E-state index contributed by atoms with van der Waals surface area (Å²) < 4.78 is 11.2. The maximum Gasteiger partial charge on any atom is 0.302 e. The van der Waals surface area contributed by atoms with Crippen LogP contribution in [-0.2, 0) is 27.4 Å². The SMILES string of the molecule is COCn1nc(-c2ccccc2)c(CCCOC(C)=O)cc1=O. The van der Waals surface area contributed by atoms with E-state index < -0.39 is 0 Å². The Hall–Kier alpha value is -2.47. The zero-order valence-electron chi connectivity index (χ0n) is 13.3. The Balaban J connectivity index is 2.30. The average Bonchev–Trinajstić information content (AvgIpc) is 2.54. The van der Waals surface area contributed by atoms with Crippen molar-refractivity contribution in [1.82, 2.24) is 9.78 Å². The number of carbonyl (C=O) groups excluding carboxylic acids is 1. The van der Waals surface area contributed by atoms with Gasteiger partial charge in [0.2, 0.25) is 0 Å². The molecule has 0 aliphatic carbocycles. The molecule has 23 heavy (non-hydrogen) atoms. The molecule has 0 N–H and O–H groups in total. The summed E-state index contributed by atoms with van der Waals surface area (Å²) in [5, 5.41) is 4.42. The van der Waals surface area contributed by atoms with Crippen molar-refractivity contribution in [3.8, 4) is 11.3 Å². The molecule has 0 saturated carbocycles. The van der Waals surface area contributed by atoms with Crippen molar-refractivity contribution in [3.63, 3.8) is 0 Å². The van der Waals surface area contributed by atoms with Crippen LogP contribution in [0.3, 0.4) is 0 Å². The number of hydrogen-bond donors (Lipinski definition) is 0. The second-order valence-electron chi connectivity index (χ2n) is 5.08. The lowest BCUT2D eigenvalue weighted by atomic mass is 10.0. The van der Waals surface area contributed by atoms with Crippen LogP contribution in [0.1, 0.15) is 18.9 Å². The summed E-state index contributed by atoms with van der Waals surface area (Å²) in [6, 6.07) is 11.2. The van der Waals surface area contributed by atoms with Gasteiger partial charge in [0, 0.05) is 25.7 Å². The molecule has 0 saturated heterocycles. The Kier molecular flexibility index (Phi) is 6.05. The number of aromatic nitrogens is 2. The Morgan fingerprint density at radius 1 is 1.26 bits per heavy atom. The number of methoxy groups -OCH3 is 1. The van der Waals surface area contributed by atoms with Gasteiger partial charge in [-0.25, -0.2) is 4.68 Å². The maximum atomic E-state index is 12.1. The number of aryl methyl sites for hydroxylation is 1. The number of benzene rings is 1. The van der Waals surface area contributed by atoms with E-state index in [1.165, 1.54) is 18.7 Å². The standard InChI is InChI=1S/C17H20N2O4/c1-13(20)23-10-6-9-15-11-16(21)19(12-22-2)18-17(15)14-7-4-3-5-8-14/h3-5,7-8,11H,6,9-10,12H2,1-2H3. The van der Waals surface area contributed by atoms with Gasteiger partial charge < -0.3 is 9.47 Å². The normalized spacial score (nSPS) is 10.5. The summed E-state index contributed by atoms with van der Waals surface area (Å²) in [6.45, 7) is 1.81. The first kappa shape index (κ1) is 16.9. The molecule has 2 rings (SSSR count). The minimum atomic E-state index is -0.304. The van der Waals surface area contributed by atoms with Gasteiger partial charge in [-0.05, 0) is 18.4 Å². The largest absolute Gasteiger partial charge is 0.466 e. The van der Waals surface area contributed by atoms with Gasteiger partial charge in [-0.3, -0.25) is 9.59 Å². The van der Waals surface area contributed by atoms with Crippen LogP contribution in [-0.4, -0.2) is 29.5 Å². The maximum absolute atomic E-state index is 12.1. The van der Waals surface area contributed by atoms with Crippen LogP contribution in [0, 0.1) is 0 Å². The topological polar surface area (TPSA) is 70.4 Å². The number of esters is 1. The van der Waals surface area contributed by atoms with E-state index in [0.717, 1.165) is 16.8 Å². The lowest BCUT2D eigenvalue weighted by Gasteiger charge is -2.12. The van der Waals surface area contributed by atoms with Crippen molar-refractivity contribution in [2.24, 2.45) is 0 Å². The minimum Gasteiger partial charge on any atom is -0.466 e. The number of ether oxygens (including phenoxy) is 2. The Labute approximate surface area is 134 Å². The summed E-state index contributed by atoms with van der Waals surface area (Å²) in [5.41, 5.74) is 2.29. The van der Waals surface area contributed by atoms with Crippen molar-refractivity contribution in [2.45, 2.75) is 26.5 Å². The molecule has 1 heterocycles. The van der Waals surface area contributed by atoms with E-state index in [1.54, 1.807) is 6.07 Å². The van der Waals surface area contributed by atoms with E-state index in [0.29, 0.717) is 19.4 Å². The van der Waals surface area contributed by atoms with Crippen LogP contribution in [0.2, 0.25) is 0 Å². The first-order valence-corrected chi connectivity index (χ1v) is 7.40. The van der Waals surface area contributed by atoms with Gasteiger partial charge in [-0.1, -0.05) is 30.3 Å². The monoisotopic (exact) mass is 316 g/mol. The van der Waals surface area contributed by atoms with Gasteiger partial charge >= 0.3 is 5.97 Å². The lowest BCUT2D eigenvalue weighted by Crippen LogP contribution is -2.25. The minimum absolute atomic E-state index is 0.104. The second-order valence-corrected chi connectivity index (χ2v) is 5.08. The van der Waals surface area contributed by atoms with Crippen LogP contribution in [0.5, 0.6) is 0 Å². The molecule has 0 bridgehead atoms. The molecule has 6 nitrogen and oxygen atoms in total. The molecule has 0 atom stereocenters. The van der Waals surface area contributed by atoms with E-state index in [9.17, 15) is 9.59 Å². The second kappa shape index (κ2) is 8.24. The van der Waals surface area contributed by atoms with Crippen molar-refractivity contribution < 1.29 is 14.3 Å². The molecule has 1 aromatic carbocycles. The Morgan fingerprint density at radius 3 is 2.65 bits per heavy atom. The third-order valence-electron chi connectivity index (χ3n) is 3.27. The smallest absolute Gasteiger partial charge is 0.302 e. The van der Waals surface area contributed by atoms with Gasteiger partial charge in [0.1, 0.15) is 6.73 Å². The van der Waals surface area contributed by atoms with E-state index >= 15 is 0 Å². The molecular formula is C17H20N2O4. The van der Waals surface area contributed by atoms with Crippen molar-refractivity contribution in [1.29, 1.82) is 0 Å². The molecular weight excluding hydrogens is 296 g/mol. The van der Waals surface area contributed by atoms with E-state index in [-0.39, 0.29) is 18.3 Å². The zero-order chi connectivity index (χ0) is 16.7. The van der Waals surface area contributed by atoms with Gasteiger partial charge in [0.05, 0.1) is 12.3 Å². The third-order valence-corrected chi connectivity index (χ3v) is 3.27. The summed E-state index contributed by atoms with van der Waals surface area (Å²) in [7, 11) is 1.52. The van der Waals surface area contributed by atoms with Crippen LogP contribution >= 0.6 is 0 Å². The highest BCUT2D eigenvalue weighted by Gasteiger charge is 2.11. The highest BCUT2D eigenvalue weighted by atomic mass is 16.5. The summed E-state index contributed by atoms with van der Waals surface area (Å²) in [5.74, 6) is -0.304. The summed E-state index contributed by atoms with van der Waals surface area (Å²) in [6.07, 6.45) is 1.24. The number of rotatable bonds is 7. The molecule has 0 unspecified atom stereocenters. The first-order chi connectivity index (χ1) is 11.1. The average molecular weight is 316 g/mol. The molecule has 0 aliphatic rings. The fourth-order valence-corrected chi connectivity index (χ4v) is 2.25. The van der Waals surface area contributed by atoms with Crippen LogP contribution in [0.15, 0.2) is 41.2 Å². The van der Waals surface area contributed by atoms with Gasteiger partial charge in [0.15, 0.2) is 0 Å². The molecule has 1 aromatic heterocycles. The van der Waals surface area contributed by atoms with Gasteiger partial charge in [0.25, 0.3) is 5.56 Å². The molecule has 0 amide bonds. The zero-order valence-corrected chi connectivity index (χ0v) is 13.3. The van der Waals surface area contributed by atoms with Crippen LogP contribution in [0.25, 0.3) is 11.3 Å². The van der Waals surface area contributed by atoms with Crippen molar-refractivity contribution in [2.75, 3.05) is 13.7 Å². The van der Waals surface area contributed by atoms with Crippen molar-refractivity contribution in [3.05, 3.63) is 52.3 Å². The quantitative estimate of drug-likeness (QED) is 0.577. The highest BCUT2D eigenvalue weighted by Crippen LogP contribution is 2.20. The summed E-state index contributed by atoms with van der Waals surface area (Å²) in [4.78, 5) is 22.9. The molecule has 2 aromatic rings. The van der Waals surface area contributed by atoms with Crippen molar-refractivity contribution >= 4 is 5.97 Å². The molecule has 0 fully saturated rings. The molecule has 0 radical (unpaired) electrons. The predicted molar refractivity (Wildman–Crippen MR) is 85.9 cm³/mol. The molecule has 6 heteroatoms. The van der Waals surface area contributed by atoms with Crippen LogP contribution in [0.4, 0.5) is 0 Å². The molecule has 0 spiro atoms. The Morgan fingerprint density at radius 2 is 2.00 bits per heavy atom. The third kappa shape index (κ3) is 4.75. The number of hydrogen-bond acceptors (Lipinski definition) is 5. The number of nitrogens with zero attached hydrogens (tertiary/aromatic N) is 2. The fourth-order valence-electron chi connectivity index (χ4n) is 2.25. The Bertz CT molecular complexity index is 710. The first-order valence-electron chi connectivity index (χ1n) is 7.40. The summed E-state index contributed by atoms with van der Waals surface area (Å²) >= 11 is 0.